The summed E-state index contributed by atoms with van der Waals surface area (Å²) in [4.78, 5) is 16.7. The van der Waals surface area contributed by atoms with Crippen LogP contribution in [0.3, 0.4) is 0 Å². The summed E-state index contributed by atoms with van der Waals surface area (Å²) >= 11 is 1.31. The van der Waals surface area contributed by atoms with Gasteiger partial charge in [-0.1, -0.05) is 38.1 Å². The molecule has 28 heavy (non-hydrogen) atoms. The highest BCUT2D eigenvalue weighted by Gasteiger charge is 2.16. The van der Waals surface area contributed by atoms with E-state index in [4.69, 9.17) is 0 Å². The zero-order chi connectivity index (χ0) is 20.5. The fraction of sp³-hybridized carbons (Fsp3) is 0.200. The monoisotopic (exact) mass is 418 g/mol. The number of nitrogens with zero attached hydrogens (tertiary/aromatic N) is 1. The van der Waals surface area contributed by atoms with E-state index in [0.717, 1.165) is 30.0 Å². The van der Waals surface area contributed by atoms with Gasteiger partial charge >= 0.3 is 0 Å². The molecule has 0 aliphatic rings. The van der Waals surface area contributed by atoms with E-state index in [1.54, 1.807) is 5.38 Å². The van der Waals surface area contributed by atoms with Gasteiger partial charge in [-0.25, -0.2) is 17.8 Å². The summed E-state index contributed by atoms with van der Waals surface area (Å²) in [5, 5.41) is 4.65. The molecule has 1 N–H and O–H groups in total. The normalized spacial score (nSPS) is 11.6. The molecule has 8 heteroatoms. The number of rotatable bonds is 5. The minimum atomic E-state index is -3.52. The summed E-state index contributed by atoms with van der Waals surface area (Å²) in [7, 11) is -3.52. The first-order valence-electron chi connectivity index (χ1n) is 8.52. The van der Waals surface area contributed by atoms with Crippen molar-refractivity contribution in [2.75, 3.05) is 11.6 Å². The van der Waals surface area contributed by atoms with Gasteiger partial charge in [-0.15, -0.1) is 11.3 Å². The van der Waals surface area contributed by atoms with E-state index in [2.05, 4.69) is 24.1 Å². The first-order chi connectivity index (χ1) is 13.1. The van der Waals surface area contributed by atoms with Crippen molar-refractivity contribution in [2.45, 2.75) is 24.7 Å². The molecule has 3 aromatic rings. The van der Waals surface area contributed by atoms with Crippen LogP contribution in [-0.4, -0.2) is 25.6 Å². The Morgan fingerprint density at radius 1 is 1.14 bits per heavy atom. The highest BCUT2D eigenvalue weighted by atomic mass is 32.2. The van der Waals surface area contributed by atoms with Crippen LogP contribution in [0.4, 0.5) is 10.1 Å². The third-order valence-electron chi connectivity index (χ3n) is 4.18. The van der Waals surface area contributed by atoms with E-state index < -0.39 is 21.6 Å². The SMILES string of the molecule is CC(C)c1ccc(-c2nc(C(=O)Nc3cc(S(C)(=O)=O)ccc3F)cs2)cc1. The van der Waals surface area contributed by atoms with Gasteiger partial charge in [-0.05, 0) is 29.7 Å². The molecule has 1 heterocycles. The number of sulfone groups is 1. The van der Waals surface area contributed by atoms with Crippen molar-refractivity contribution >= 4 is 32.8 Å². The lowest BCUT2D eigenvalue weighted by Crippen LogP contribution is -2.14. The van der Waals surface area contributed by atoms with Crippen LogP contribution in [0.5, 0.6) is 0 Å². The summed E-state index contributed by atoms with van der Waals surface area (Å²) in [6.07, 6.45) is 1.02. The molecular weight excluding hydrogens is 399 g/mol. The predicted octanol–water partition coefficient (Wildman–Crippen LogP) is 4.73. The Morgan fingerprint density at radius 2 is 1.82 bits per heavy atom. The molecule has 3 rings (SSSR count). The van der Waals surface area contributed by atoms with Crippen molar-refractivity contribution in [3.05, 3.63) is 64.9 Å². The zero-order valence-electron chi connectivity index (χ0n) is 15.6. The number of anilines is 1. The predicted molar refractivity (Wildman–Crippen MR) is 109 cm³/mol. The Hall–Kier alpha value is -2.58. The summed E-state index contributed by atoms with van der Waals surface area (Å²) in [6, 6.07) is 11.2. The van der Waals surface area contributed by atoms with Crippen molar-refractivity contribution in [3.8, 4) is 10.6 Å². The van der Waals surface area contributed by atoms with Gasteiger partial charge in [0.25, 0.3) is 5.91 Å². The van der Waals surface area contributed by atoms with Crippen LogP contribution in [0.15, 0.2) is 52.7 Å². The van der Waals surface area contributed by atoms with Gasteiger partial charge < -0.3 is 5.32 Å². The largest absolute Gasteiger partial charge is 0.318 e. The van der Waals surface area contributed by atoms with E-state index >= 15 is 0 Å². The quantitative estimate of drug-likeness (QED) is 0.608. The molecule has 0 fully saturated rings. The second kappa shape index (κ2) is 7.81. The molecule has 0 saturated heterocycles. The minimum absolute atomic E-state index is 0.0755. The van der Waals surface area contributed by atoms with E-state index in [1.165, 1.54) is 16.9 Å². The lowest BCUT2D eigenvalue weighted by atomic mass is 10.0. The highest BCUT2D eigenvalue weighted by Crippen LogP contribution is 2.26. The number of nitrogens with one attached hydrogen (secondary N) is 1. The van der Waals surface area contributed by atoms with Crippen molar-refractivity contribution in [1.29, 1.82) is 0 Å². The molecule has 1 amide bonds. The van der Waals surface area contributed by atoms with Crippen LogP contribution in [0.2, 0.25) is 0 Å². The number of aromatic nitrogens is 1. The summed E-state index contributed by atoms with van der Waals surface area (Å²) in [5.41, 5.74) is 2.03. The first kappa shape index (κ1) is 20.2. The van der Waals surface area contributed by atoms with E-state index in [-0.39, 0.29) is 16.3 Å². The van der Waals surface area contributed by atoms with Gasteiger partial charge in [-0.3, -0.25) is 4.79 Å². The molecule has 0 atom stereocenters. The Morgan fingerprint density at radius 3 is 2.43 bits per heavy atom. The second-order valence-corrected chi connectivity index (χ2v) is 9.56. The van der Waals surface area contributed by atoms with Crippen molar-refractivity contribution in [1.82, 2.24) is 4.98 Å². The standard InChI is InChI=1S/C20H19FN2O3S2/c1-12(2)13-4-6-14(7-5-13)20-23-18(11-27-20)19(24)22-17-10-15(28(3,25)26)8-9-16(17)21/h4-12H,1-3H3,(H,22,24). The average Bonchev–Trinajstić information content (AvgIpc) is 3.13. The van der Waals surface area contributed by atoms with Crippen LogP contribution < -0.4 is 5.32 Å². The van der Waals surface area contributed by atoms with Crippen LogP contribution in [0, 0.1) is 5.82 Å². The van der Waals surface area contributed by atoms with Crippen molar-refractivity contribution < 1.29 is 17.6 Å². The van der Waals surface area contributed by atoms with Crippen molar-refractivity contribution in [3.63, 3.8) is 0 Å². The third kappa shape index (κ3) is 4.45. The average molecular weight is 419 g/mol. The molecule has 0 saturated carbocycles. The molecular formula is C20H19FN2O3S2. The van der Waals surface area contributed by atoms with Crippen LogP contribution in [-0.2, 0) is 9.84 Å². The molecule has 0 radical (unpaired) electrons. The Bertz CT molecular complexity index is 1120. The molecule has 146 valence electrons. The molecule has 1 aromatic heterocycles. The van der Waals surface area contributed by atoms with E-state index in [9.17, 15) is 17.6 Å². The second-order valence-electron chi connectivity index (χ2n) is 6.68. The Kier molecular flexibility index (Phi) is 5.62. The smallest absolute Gasteiger partial charge is 0.275 e. The number of thiazole rings is 1. The lowest BCUT2D eigenvalue weighted by molar-refractivity contribution is 0.102. The van der Waals surface area contributed by atoms with E-state index in [1.807, 2.05) is 24.3 Å². The number of carbonyl (C=O) groups is 1. The van der Waals surface area contributed by atoms with Crippen LogP contribution in [0.25, 0.3) is 10.6 Å². The van der Waals surface area contributed by atoms with Gasteiger partial charge in [0.05, 0.1) is 10.6 Å². The van der Waals surface area contributed by atoms with Gasteiger partial charge in [0, 0.05) is 17.2 Å². The molecule has 0 bridgehead atoms. The fourth-order valence-corrected chi connectivity index (χ4v) is 3.99. The maximum absolute atomic E-state index is 14.0. The van der Waals surface area contributed by atoms with Gasteiger partial charge in [0.15, 0.2) is 9.84 Å². The molecule has 5 nitrogen and oxygen atoms in total. The number of amides is 1. The summed E-state index contributed by atoms with van der Waals surface area (Å²) in [6.45, 7) is 4.22. The van der Waals surface area contributed by atoms with Crippen LogP contribution >= 0.6 is 11.3 Å². The van der Waals surface area contributed by atoms with Gasteiger partial charge in [0.1, 0.15) is 16.5 Å². The molecule has 2 aromatic carbocycles. The zero-order valence-corrected chi connectivity index (χ0v) is 17.2. The first-order valence-corrected chi connectivity index (χ1v) is 11.3. The van der Waals surface area contributed by atoms with Gasteiger partial charge in [-0.2, -0.15) is 0 Å². The fourth-order valence-electron chi connectivity index (χ4n) is 2.54. The Labute approximate surface area is 167 Å². The highest BCUT2D eigenvalue weighted by molar-refractivity contribution is 7.90. The van der Waals surface area contributed by atoms with E-state index in [0.29, 0.717) is 10.9 Å². The molecule has 0 aliphatic carbocycles. The maximum atomic E-state index is 14.0. The summed E-state index contributed by atoms with van der Waals surface area (Å²) in [5.74, 6) is -0.907. The topological polar surface area (TPSA) is 76.1 Å². The van der Waals surface area contributed by atoms with Crippen molar-refractivity contribution in [2.24, 2.45) is 0 Å². The number of hydrogen-bond donors (Lipinski definition) is 1. The lowest BCUT2D eigenvalue weighted by Gasteiger charge is -2.07. The van der Waals surface area contributed by atoms with Crippen LogP contribution in [0.1, 0.15) is 35.8 Å². The van der Waals surface area contributed by atoms with Gasteiger partial charge in [0.2, 0.25) is 0 Å². The number of hydrogen-bond acceptors (Lipinski definition) is 5. The molecule has 0 unspecified atom stereocenters. The maximum Gasteiger partial charge on any atom is 0.275 e. The molecule has 0 aliphatic heterocycles. The number of halogens is 1. The molecule has 0 spiro atoms. The number of benzene rings is 2. The summed E-state index contributed by atoms with van der Waals surface area (Å²) < 4.78 is 37.2. The number of carbonyl (C=O) groups excluding carboxylic acids is 1. The Balaban J connectivity index is 1.81. The third-order valence-corrected chi connectivity index (χ3v) is 6.18. The minimum Gasteiger partial charge on any atom is -0.318 e.